The van der Waals surface area contributed by atoms with Crippen LogP contribution in [0.1, 0.15) is 0 Å². The van der Waals surface area contributed by atoms with Gasteiger partial charge >= 0.3 is 0 Å². The van der Waals surface area contributed by atoms with E-state index in [0.717, 1.165) is 28.1 Å². The molecule has 2 aromatic carbocycles. The summed E-state index contributed by atoms with van der Waals surface area (Å²) in [6.07, 6.45) is 1.84. The molecule has 20 heavy (non-hydrogen) atoms. The van der Waals surface area contributed by atoms with Crippen LogP contribution in [0.3, 0.4) is 0 Å². The van der Waals surface area contributed by atoms with Gasteiger partial charge in [0.05, 0.1) is 17.4 Å². The fourth-order valence-electron chi connectivity index (χ4n) is 2.35. The van der Waals surface area contributed by atoms with Gasteiger partial charge in [0.1, 0.15) is 0 Å². The number of imidazole rings is 1. The van der Waals surface area contributed by atoms with Crippen molar-refractivity contribution in [1.82, 2.24) is 9.55 Å². The van der Waals surface area contributed by atoms with Gasteiger partial charge in [-0.15, -0.1) is 0 Å². The van der Waals surface area contributed by atoms with Crippen LogP contribution in [0.25, 0.3) is 11.0 Å². The molecule has 1 aromatic heterocycles. The molecular formula is C16H18N4. The van der Waals surface area contributed by atoms with Crippen LogP contribution in [0, 0.1) is 0 Å². The van der Waals surface area contributed by atoms with Crippen molar-refractivity contribution in [2.45, 2.75) is 0 Å². The predicted octanol–water partition coefficient (Wildman–Crippen LogP) is 3.38. The number of hydrogen-bond donors (Lipinski definition) is 1. The summed E-state index contributed by atoms with van der Waals surface area (Å²) in [4.78, 5) is 6.57. The number of anilines is 3. The van der Waals surface area contributed by atoms with Gasteiger partial charge in [-0.1, -0.05) is 6.07 Å². The zero-order valence-electron chi connectivity index (χ0n) is 12.0. The first-order chi connectivity index (χ1) is 9.69. The van der Waals surface area contributed by atoms with E-state index in [4.69, 9.17) is 0 Å². The third kappa shape index (κ3) is 2.09. The topological polar surface area (TPSA) is 33.1 Å². The lowest BCUT2D eigenvalue weighted by atomic mass is 10.2. The number of benzene rings is 2. The minimum Gasteiger partial charge on any atom is -0.388 e. The third-order valence-electron chi connectivity index (χ3n) is 3.62. The molecule has 0 saturated carbocycles. The standard InChI is InChI=1S/C16H18N4/c1-17-12-5-4-6-13(9-12)20(3)14-7-8-16-15(10-14)18-11-19(16)2/h4-11,17H,1-3H3. The van der Waals surface area contributed by atoms with E-state index in [-0.39, 0.29) is 0 Å². The first-order valence-corrected chi connectivity index (χ1v) is 6.61. The molecule has 0 saturated heterocycles. The van der Waals surface area contributed by atoms with Crippen molar-refractivity contribution in [3.8, 4) is 0 Å². The van der Waals surface area contributed by atoms with E-state index in [2.05, 4.69) is 64.7 Å². The van der Waals surface area contributed by atoms with Crippen LogP contribution in [-0.4, -0.2) is 23.6 Å². The highest BCUT2D eigenvalue weighted by molar-refractivity contribution is 5.81. The van der Waals surface area contributed by atoms with Crippen molar-refractivity contribution < 1.29 is 0 Å². The van der Waals surface area contributed by atoms with Gasteiger partial charge in [-0.2, -0.15) is 0 Å². The van der Waals surface area contributed by atoms with Gasteiger partial charge in [0, 0.05) is 38.2 Å². The second kappa shape index (κ2) is 4.89. The molecule has 0 fully saturated rings. The Morgan fingerprint density at radius 3 is 2.70 bits per heavy atom. The van der Waals surface area contributed by atoms with Crippen LogP contribution in [0.5, 0.6) is 0 Å². The lowest BCUT2D eigenvalue weighted by Gasteiger charge is -2.20. The molecule has 102 valence electrons. The number of fused-ring (bicyclic) bond motifs is 1. The van der Waals surface area contributed by atoms with Crippen LogP contribution in [0.4, 0.5) is 17.1 Å². The number of aromatic nitrogens is 2. The Labute approximate surface area is 118 Å². The summed E-state index contributed by atoms with van der Waals surface area (Å²) in [5.74, 6) is 0. The number of rotatable bonds is 3. The molecule has 3 rings (SSSR count). The Balaban J connectivity index is 2.00. The summed E-state index contributed by atoms with van der Waals surface area (Å²) < 4.78 is 2.03. The molecule has 3 aromatic rings. The third-order valence-corrected chi connectivity index (χ3v) is 3.62. The van der Waals surface area contributed by atoms with Crippen molar-refractivity contribution in [1.29, 1.82) is 0 Å². The van der Waals surface area contributed by atoms with Crippen LogP contribution in [0.15, 0.2) is 48.8 Å². The molecule has 4 heteroatoms. The van der Waals surface area contributed by atoms with Crippen LogP contribution in [-0.2, 0) is 7.05 Å². The highest BCUT2D eigenvalue weighted by atomic mass is 15.1. The predicted molar refractivity (Wildman–Crippen MR) is 84.8 cm³/mol. The van der Waals surface area contributed by atoms with Gasteiger partial charge in [0.2, 0.25) is 0 Å². The van der Waals surface area contributed by atoms with E-state index < -0.39 is 0 Å². The van der Waals surface area contributed by atoms with E-state index in [0.29, 0.717) is 0 Å². The first kappa shape index (κ1) is 12.5. The summed E-state index contributed by atoms with van der Waals surface area (Å²) in [5.41, 5.74) is 5.54. The molecule has 0 amide bonds. The number of nitrogens with one attached hydrogen (secondary N) is 1. The summed E-state index contributed by atoms with van der Waals surface area (Å²) >= 11 is 0. The average molecular weight is 266 g/mol. The van der Waals surface area contributed by atoms with E-state index in [9.17, 15) is 0 Å². The van der Waals surface area contributed by atoms with Crippen LogP contribution >= 0.6 is 0 Å². The minimum atomic E-state index is 1.02. The van der Waals surface area contributed by atoms with E-state index in [1.54, 1.807) is 0 Å². The average Bonchev–Trinajstić information content (AvgIpc) is 2.87. The molecule has 1 heterocycles. The number of hydrogen-bond acceptors (Lipinski definition) is 3. The first-order valence-electron chi connectivity index (χ1n) is 6.61. The summed E-state index contributed by atoms with van der Waals surface area (Å²) in [6.45, 7) is 0. The van der Waals surface area contributed by atoms with E-state index in [1.165, 1.54) is 0 Å². The molecule has 0 aliphatic rings. The Morgan fingerprint density at radius 1 is 1.10 bits per heavy atom. The fraction of sp³-hybridized carbons (Fsp3) is 0.188. The normalized spacial score (nSPS) is 10.8. The lowest BCUT2D eigenvalue weighted by Crippen LogP contribution is -2.09. The molecule has 0 spiro atoms. The summed E-state index contributed by atoms with van der Waals surface area (Å²) in [7, 11) is 6.01. The number of nitrogens with zero attached hydrogens (tertiary/aromatic N) is 3. The SMILES string of the molecule is CNc1cccc(N(C)c2ccc3c(c2)ncn3C)c1. The molecular weight excluding hydrogens is 248 g/mol. The van der Waals surface area contributed by atoms with E-state index >= 15 is 0 Å². The molecule has 0 aliphatic heterocycles. The molecule has 0 bridgehead atoms. The molecule has 0 aliphatic carbocycles. The van der Waals surface area contributed by atoms with Crippen molar-refractivity contribution >= 4 is 28.1 Å². The summed E-state index contributed by atoms with van der Waals surface area (Å²) in [5, 5.41) is 3.16. The second-order valence-electron chi connectivity index (χ2n) is 4.89. The quantitative estimate of drug-likeness (QED) is 0.789. The fourth-order valence-corrected chi connectivity index (χ4v) is 2.35. The highest BCUT2D eigenvalue weighted by Gasteiger charge is 2.07. The molecule has 4 nitrogen and oxygen atoms in total. The van der Waals surface area contributed by atoms with Gasteiger partial charge in [-0.05, 0) is 36.4 Å². The zero-order valence-corrected chi connectivity index (χ0v) is 12.0. The van der Waals surface area contributed by atoms with E-state index in [1.807, 2.05) is 25.0 Å². The van der Waals surface area contributed by atoms with Gasteiger partial charge in [0.15, 0.2) is 0 Å². The maximum atomic E-state index is 4.41. The van der Waals surface area contributed by atoms with Gasteiger partial charge in [-0.25, -0.2) is 4.98 Å². The molecule has 0 unspecified atom stereocenters. The lowest BCUT2D eigenvalue weighted by molar-refractivity contribution is 0.947. The van der Waals surface area contributed by atoms with Crippen molar-refractivity contribution in [3.05, 3.63) is 48.8 Å². The smallest absolute Gasteiger partial charge is 0.0955 e. The Kier molecular flexibility index (Phi) is 3.06. The molecule has 0 atom stereocenters. The molecule has 1 N–H and O–H groups in total. The monoisotopic (exact) mass is 266 g/mol. The zero-order chi connectivity index (χ0) is 14.1. The molecule has 0 radical (unpaired) electrons. The number of aryl methyl sites for hydroxylation is 1. The highest BCUT2D eigenvalue weighted by Crippen LogP contribution is 2.28. The van der Waals surface area contributed by atoms with Crippen LogP contribution < -0.4 is 10.2 Å². The maximum absolute atomic E-state index is 4.41. The van der Waals surface area contributed by atoms with Gasteiger partial charge < -0.3 is 14.8 Å². The summed E-state index contributed by atoms with van der Waals surface area (Å²) in [6, 6.07) is 14.7. The second-order valence-corrected chi connectivity index (χ2v) is 4.89. The Hall–Kier alpha value is -2.49. The van der Waals surface area contributed by atoms with Gasteiger partial charge in [0.25, 0.3) is 0 Å². The minimum absolute atomic E-state index is 1.02. The van der Waals surface area contributed by atoms with Crippen molar-refractivity contribution in [2.75, 3.05) is 24.3 Å². The largest absolute Gasteiger partial charge is 0.388 e. The maximum Gasteiger partial charge on any atom is 0.0955 e. The van der Waals surface area contributed by atoms with Gasteiger partial charge in [-0.3, -0.25) is 0 Å². The van der Waals surface area contributed by atoms with Crippen LogP contribution in [0.2, 0.25) is 0 Å². The Morgan fingerprint density at radius 2 is 1.90 bits per heavy atom. The van der Waals surface area contributed by atoms with Crippen molar-refractivity contribution in [3.63, 3.8) is 0 Å². The van der Waals surface area contributed by atoms with Crippen molar-refractivity contribution in [2.24, 2.45) is 7.05 Å². The Bertz CT molecular complexity index is 745.